The highest BCUT2D eigenvalue weighted by Gasteiger charge is 2.14. The number of carbonyl (C=O) groups excluding carboxylic acids is 2. The molecule has 0 aliphatic carbocycles. The average Bonchev–Trinajstić information content (AvgIpc) is 2.54. The van der Waals surface area contributed by atoms with Crippen molar-refractivity contribution in [3.8, 4) is 11.5 Å². The van der Waals surface area contributed by atoms with E-state index < -0.39 is 5.97 Å². The third-order valence-corrected chi connectivity index (χ3v) is 3.18. The number of amides is 1. The van der Waals surface area contributed by atoms with Crippen LogP contribution in [0.4, 0.5) is 0 Å². The maximum atomic E-state index is 12.0. The van der Waals surface area contributed by atoms with Gasteiger partial charge in [0.1, 0.15) is 0 Å². The molecular formula is C16H19NO5. The van der Waals surface area contributed by atoms with E-state index in [2.05, 4.69) is 0 Å². The lowest BCUT2D eigenvalue weighted by Crippen LogP contribution is -2.39. The van der Waals surface area contributed by atoms with Crippen molar-refractivity contribution in [1.82, 2.24) is 4.90 Å². The Morgan fingerprint density at radius 3 is 2.59 bits per heavy atom. The van der Waals surface area contributed by atoms with Gasteiger partial charge in [-0.2, -0.15) is 0 Å². The van der Waals surface area contributed by atoms with Crippen molar-refractivity contribution in [3.05, 3.63) is 29.8 Å². The van der Waals surface area contributed by atoms with E-state index in [1.165, 1.54) is 20.1 Å². The number of rotatable bonds is 4. The van der Waals surface area contributed by atoms with Gasteiger partial charge < -0.3 is 19.1 Å². The Balaban J connectivity index is 2.07. The smallest absolute Gasteiger partial charge is 0.308 e. The molecule has 22 heavy (non-hydrogen) atoms. The van der Waals surface area contributed by atoms with Crippen molar-refractivity contribution in [3.63, 3.8) is 0 Å². The second-order valence-corrected chi connectivity index (χ2v) is 4.77. The molecule has 6 heteroatoms. The lowest BCUT2D eigenvalue weighted by Gasteiger charge is -2.25. The van der Waals surface area contributed by atoms with Crippen LogP contribution in [-0.2, 0) is 14.3 Å². The predicted molar refractivity (Wildman–Crippen MR) is 80.7 cm³/mol. The van der Waals surface area contributed by atoms with E-state index in [4.69, 9.17) is 14.2 Å². The molecule has 0 saturated carbocycles. The first-order chi connectivity index (χ1) is 10.6. The van der Waals surface area contributed by atoms with Gasteiger partial charge >= 0.3 is 5.97 Å². The molecule has 2 rings (SSSR count). The van der Waals surface area contributed by atoms with Crippen LogP contribution in [-0.4, -0.2) is 50.2 Å². The van der Waals surface area contributed by atoms with Crippen LogP contribution in [0.2, 0.25) is 0 Å². The minimum atomic E-state index is -0.413. The highest BCUT2D eigenvalue weighted by atomic mass is 16.6. The standard InChI is InChI=1S/C16H19NO5/c1-12(18)22-14-5-3-13(11-15(14)20-2)4-6-16(19)17-7-9-21-10-8-17/h3-6,11H,7-10H2,1-2H3/b6-4+. The molecule has 0 radical (unpaired) electrons. The van der Waals surface area contributed by atoms with Crippen LogP contribution in [0.3, 0.4) is 0 Å². The number of methoxy groups -OCH3 is 1. The van der Waals surface area contributed by atoms with E-state index in [0.29, 0.717) is 37.8 Å². The van der Waals surface area contributed by atoms with Crippen LogP contribution < -0.4 is 9.47 Å². The fourth-order valence-corrected chi connectivity index (χ4v) is 2.08. The Labute approximate surface area is 129 Å². The summed E-state index contributed by atoms with van der Waals surface area (Å²) in [6.07, 6.45) is 3.23. The van der Waals surface area contributed by atoms with Gasteiger partial charge in [-0.1, -0.05) is 6.07 Å². The summed E-state index contributed by atoms with van der Waals surface area (Å²) in [4.78, 5) is 24.8. The lowest BCUT2D eigenvalue weighted by atomic mass is 10.2. The SMILES string of the molecule is COc1cc(/C=C/C(=O)N2CCOCC2)ccc1OC(C)=O. The van der Waals surface area contributed by atoms with E-state index >= 15 is 0 Å². The maximum Gasteiger partial charge on any atom is 0.308 e. The molecule has 0 atom stereocenters. The van der Waals surface area contributed by atoms with Gasteiger partial charge in [0, 0.05) is 26.1 Å². The van der Waals surface area contributed by atoms with Crippen molar-refractivity contribution >= 4 is 18.0 Å². The first kappa shape index (κ1) is 16.0. The molecule has 0 unspecified atom stereocenters. The molecular weight excluding hydrogens is 286 g/mol. The average molecular weight is 305 g/mol. The summed E-state index contributed by atoms with van der Waals surface area (Å²) in [6.45, 7) is 3.69. The second kappa shape index (κ2) is 7.61. The molecule has 1 aromatic carbocycles. The van der Waals surface area contributed by atoms with Crippen LogP contribution >= 0.6 is 0 Å². The Hall–Kier alpha value is -2.34. The minimum absolute atomic E-state index is 0.0497. The molecule has 0 N–H and O–H groups in total. The van der Waals surface area contributed by atoms with Gasteiger partial charge in [-0.05, 0) is 23.8 Å². The van der Waals surface area contributed by atoms with Gasteiger partial charge in [-0.15, -0.1) is 0 Å². The molecule has 6 nitrogen and oxygen atoms in total. The summed E-state index contributed by atoms with van der Waals surface area (Å²) in [5, 5.41) is 0. The van der Waals surface area contributed by atoms with Crippen LogP contribution in [0.5, 0.6) is 11.5 Å². The Morgan fingerprint density at radius 1 is 1.23 bits per heavy atom. The van der Waals surface area contributed by atoms with Crippen LogP contribution in [0.1, 0.15) is 12.5 Å². The van der Waals surface area contributed by atoms with Crippen molar-refractivity contribution in [1.29, 1.82) is 0 Å². The van der Waals surface area contributed by atoms with Gasteiger partial charge in [0.25, 0.3) is 0 Å². The van der Waals surface area contributed by atoms with Crippen molar-refractivity contribution in [2.45, 2.75) is 6.92 Å². The highest BCUT2D eigenvalue weighted by Crippen LogP contribution is 2.28. The first-order valence-corrected chi connectivity index (χ1v) is 7.01. The number of carbonyl (C=O) groups is 2. The number of morpholine rings is 1. The summed E-state index contributed by atoms with van der Waals surface area (Å²) in [6, 6.07) is 5.10. The summed E-state index contributed by atoms with van der Waals surface area (Å²) in [5.41, 5.74) is 0.786. The number of hydrogen-bond donors (Lipinski definition) is 0. The highest BCUT2D eigenvalue weighted by molar-refractivity contribution is 5.92. The summed E-state index contributed by atoms with van der Waals surface area (Å²) in [5.74, 6) is 0.332. The second-order valence-electron chi connectivity index (χ2n) is 4.77. The first-order valence-electron chi connectivity index (χ1n) is 7.01. The molecule has 118 valence electrons. The number of nitrogens with zero attached hydrogens (tertiary/aromatic N) is 1. The van der Waals surface area contributed by atoms with Crippen molar-refractivity contribution in [2.75, 3.05) is 33.4 Å². The molecule has 1 saturated heterocycles. The Kier molecular flexibility index (Phi) is 5.55. The van der Waals surface area contributed by atoms with E-state index in [1.54, 1.807) is 29.2 Å². The fraction of sp³-hybridized carbons (Fsp3) is 0.375. The largest absolute Gasteiger partial charge is 0.493 e. The molecule has 1 heterocycles. The monoisotopic (exact) mass is 305 g/mol. The fourth-order valence-electron chi connectivity index (χ4n) is 2.08. The van der Waals surface area contributed by atoms with Crippen LogP contribution in [0.15, 0.2) is 24.3 Å². The predicted octanol–water partition coefficient (Wildman–Crippen LogP) is 1.49. The lowest BCUT2D eigenvalue weighted by molar-refractivity contribution is -0.132. The summed E-state index contributed by atoms with van der Waals surface area (Å²) >= 11 is 0. The summed E-state index contributed by atoms with van der Waals surface area (Å²) in [7, 11) is 1.49. The zero-order chi connectivity index (χ0) is 15.9. The van der Waals surface area contributed by atoms with Gasteiger partial charge in [-0.25, -0.2) is 0 Å². The molecule has 0 bridgehead atoms. The van der Waals surface area contributed by atoms with E-state index in [1.807, 2.05) is 0 Å². The van der Waals surface area contributed by atoms with Crippen molar-refractivity contribution in [2.24, 2.45) is 0 Å². The molecule has 0 aromatic heterocycles. The zero-order valence-electron chi connectivity index (χ0n) is 12.7. The van der Waals surface area contributed by atoms with Crippen molar-refractivity contribution < 1.29 is 23.8 Å². The van der Waals surface area contributed by atoms with Gasteiger partial charge in [-0.3, -0.25) is 9.59 Å². The Morgan fingerprint density at radius 2 is 1.95 bits per heavy atom. The number of ether oxygens (including phenoxy) is 3. The third kappa shape index (κ3) is 4.33. The normalized spacial score (nSPS) is 14.9. The number of esters is 1. The van der Waals surface area contributed by atoms with E-state index in [-0.39, 0.29) is 5.91 Å². The molecule has 1 amide bonds. The zero-order valence-corrected chi connectivity index (χ0v) is 12.7. The molecule has 1 fully saturated rings. The minimum Gasteiger partial charge on any atom is -0.493 e. The summed E-state index contributed by atoms with van der Waals surface area (Å²) < 4.78 is 15.4. The molecule has 1 aliphatic heterocycles. The van der Waals surface area contributed by atoms with Gasteiger partial charge in [0.05, 0.1) is 20.3 Å². The van der Waals surface area contributed by atoms with Gasteiger partial charge in [0.2, 0.25) is 5.91 Å². The van der Waals surface area contributed by atoms with E-state index in [9.17, 15) is 9.59 Å². The molecule has 1 aromatic rings. The van der Waals surface area contributed by atoms with Crippen LogP contribution in [0.25, 0.3) is 6.08 Å². The number of hydrogen-bond acceptors (Lipinski definition) is 5. The topological polar surface area (TPSA) is 65.1 Å². The third-order valence-electron chi connectivity index (χ3n) is 3.18. The van der Waals surface area contributed by atoms with Crippen LogP contribution in [0, 0.1) is 0 Å². The van der Waals surface area contributed by atoms with Gasteiger partial charge in [0.15, 0.2) is 11.5 Å². The molecule has 1 aliphatic rings. The number of benzene rings is 1. The quantitative estimate of drug-likeness (QED) is 0.479. The van der Waals surface area contributed by atoms with E-state index in [0.717, 1.165) is 5.56 Å². The Bertz CT molecular complexity index is 576. The molecule has 0 spiro atoms. The maximum absolute atomic E-state index is 12.0.